The van der Waals surface area contributed by atoms with Gasteiger partial charge in [-0.3, -0.25) is 14.2 Å². The first-order chi connectivity index (χ1) is 8.92. The summed E-state index contributed by atoms with van der Waals surface area (Å²) in [6, 6.07) is 0. The van der Waals surface area contributed by atoms with Gasteiger partial charge in [0.1, 0.15) is 0 Å². The number of rotatable bonds is 5. The van der Waals surface area contributed by atoms with Crippen molar-refractivity contribution in [1.82, 2.24) is 14.3 Å². The lowest BCUT2D eigenvalue weighted by Gasteiger charge is -2.21. The number of esters is 1. The minimum Gasteiger partial charge on any atom is -0.469 e. The van der Waals surface area contributed by atoms with Crippen LogP contribution in [-0.2, 0) is 23.6 Å². The zero-order valence-electron chi connectivity index (χ0n) is 11.5. The highest BCUT2D eigenvalue weighted by molar-refractivity contribution is 5.69. The average molecular weight is 270 g/mol. The molecule has 1 aromatic heterocycles. The van der Waals surface area contributed by atoms with Crippen LogP contribution < -0.4 is 16.1 Å². The van der Waals surface area contributed by atoms with Gasteiger partial charge >= 0.3 is 11.7 Å². The van der Waals surface area contributed by atoms with Gasteiger partial charge in [0.15, 0.2) is 0 Å². The summed E-state index contributed by atoms with van der Waals surface area (Å²) in [4.78, 5) is 36.3. The lowest BCUT2D eigenvalue weighted by atomic mass is 10.3. The maximum absolute atomic E-state index is 12.0. The number of aryl methyl sites for hydroxylation is 1. The Hall–Kier alpha value is -2.12. The molecule has 106 valence electrons. The highest BCUT2D eigenvalue weighted by Crippen LogP contribution is 2.03. The molecule has 19 heavy (non-hydrogen) atoms. The molecular formula is C11H18N4O4. The number of aromatic nitrogens is 3. The number of carbonyl (C=O) groups excluding carboxylic acids is 1. The first-order valence-corrected chi connectivity index (χ1v) is 5.88. The second-order valence-electron chi connectivity index (χ2n) is 4.00. The topological polar surface area (TPSA) is 86.4 Å². The predicted octanol–water partition coefficient (Wildman–Crippen LogP) is -1.13. The van der Waals surface area contributed by atoms with E-state index in [-0.39, 0.29) is 18.2 Å². The molecule has 0 aliphatic carbocycles. The van der Waals surface area contributed by atoms with E-state index in [0.29, 0.717) is 13.1 Å². The van der Waals surface area contributed by atoms with Crippen LogP contribution in [0.3, 0.4) is 0 Å². The van der Waals surface area contributed by atoms with E-state index < -0.39 is 11.2 Å². The van der Waals surface area contributed by atoms with E-state index in [4.69, 9.17) is 0 Å². The number of ether oxygens (including phenoxy) is 1. The van der Waals surface area contributed by atoms with Gasteiger partial charge in [-0.05, 0) is 6.92 Å². The predicted molar refractivity (Wildman–Crippen MR) is 69.2 cm³/mol. The van der Waals surface area contributed by atoms with Crippen molar-refractivity contribution in [3.8, 4) is 0 Å². The van der Waals surface area contributed by atoms with Crippen LogP contribution in [0.1, 0.15) is 13.3 Å². The fraction of sp³-hybridized carbons (Fsp3) is 0.636. The number of anilines is 1. The van der Waals surface area contributed by atoms with Crippen molar-refractivity contribution in [1.29, 1.82) is 0 Å². The molecule has 0 fully saturated rings. The summed E-state index contributed by atoms with van der Waals surface area (Å²) in [7, 11) is 4.17. The van der Waals surface area contributed by atoms with E-state index in [1.54, 1.807) is 4.90 Å². The van der Waals surface area contributed by atoms with Crippen molar-refractivity contribution in [2.75, 3.05) is 25.1 Å². The Bertz CT molecular complexity index is 575. The molecular weight excluding hydrogens is 252 g/mol. The molecule has 0 radical (unpaired) electrons. The fourth-order valence-corrected chi connectivity index (χ4v) is 1.62. The van der Waals surface area contributed by atoms with Crippen LogP contribution in [0.5, 0.6) is 0 Å². The molecule has 0 unspecified atom stereocenters. The summed E-state index contributed by atoms with van der Waals surface area (Å²) >= 11 is 0. The molecule has 8 nitrogen and oxygen atoms in total. The van der Waals surface area contributed by atoms with Crippen LogP contribution in [0.4, 0.5) is 5.82 Å². The Morgan fingerprint density at radius 1 is 1.37 bits per heavy atom. The van der Waals surface area contributed by atoms with Crippen LogP contribution in [0, 0.1) is 0 Å². The van der Waals surface area contributed by atoms with Gasteiger partial charge in [0, 0.05) is 27.2 Å². The Labute approximate surface area is 110 Å². The first-order valence-electron chi connectivity index (χ1n) is 5.88. The van der Waals surface area contributed by atoms with Crippen molar-refractivity contribution in [3.05, 3.63) is 20.8 Å². The summed E-state index contributed by atoms with van der Waals surface area (Å²) in [5, 5.41) is 3.95. The van der Waals surface area contributed by atoms with Crippen molar-refractivity contribution in [2.45, 2.75) is 13.3 Å². The maximum atomic E-state index is 12.0. The molecule has 0 aliphatic heterocycles. The van der Waals surface area contributed by atoms with Crippen molar-refractivity contribution >= 4 is 11.8 Å². The minimum absolute atomic E-state index is 0.149. The van der Waals surface area contributed by atoms with Gasteiger partial charge in [-0.1, -0.05) is 0 Å². The molecule has 0 N–H and O–H groups in total. The number of carbonyl (C=O) groups is 1. The van der Waals surface area contributed by atoms with Crippen LogP contribution >= 0.6 is 0 Å². The lowest BCUT2D eigenvalue weighted by Crippen LogP contribution is -2.43. The van der Waals surface area contributed by atoms with Gasteiger partial charge in [-0.15, -0.1) is 5.10 Å². The van der Waals surface area contributed by atoms with E-state index in [1.165, 1.54) is 21.2 Å². The average Bonchev–Trinajstić information content (AvgIpc) is 2.41. The Morgan fingerprint density at radius 3 is 2.53 bits per heavy atom. The highest BCUT2D eigenvalue weighted by atomic mass is 16.5. The molecule has 0 saturated carbocycles. The molecule has 1 rings (SSSR count). The van der Waals surface area contributed by atoms with Crippen LogP contribution in [0.15, 0.2) is 9.59 Å². The van der Waals surface area contributed by atoms with Gasteiger partial charge in [-0.25, -0.2) is 9.48 Å². The van der Waals surface area contributed by atoms with E-state index >= 15 is 0 Å². The molecule has 0 atom stereocenters. The minimum atomic E-state index is -0.488. The van der Waals surface area contributed by atoms with E-state index in [9.17, 15) is 14.4 Å². The summed E-state index contributed by atoms with van der Waals surface area (Å²) in [5.74, 6) is -0.212. The van der Waals surface area contributed by atoms with Crippen molar-refractivity contribution < 1.29 is 9.53 Å². The number of hydrogen-bond donors (Lipinski definition) is 0. The monoisotopic (exact) mass is 270 g/mol. The molecule has 1 heterocycles. The number of nitrogens with zero attached hydrogens (tertiary/aromatic N) is 4. The van der Waals surface area contributed by atoms with E-state index in [1.807, 2.05) is 6.92 Å². The highest BCUT2D eigenvalue weighted by Gasteiger charge is 2.16. The second-order valence-corrected chi connectivity index (χ2v) is 4.00. The van der Waals surface area contributed by atoms with E-state index in [2.05, 4.69) is 9.84 Å². The number of hydrogen-bond acceptors (Lipinski definition) is 6. The lowest BCUT2D eigenvalue weighted by molar-refractivity contribution is -0.140. The van der Waals surface area contributed by atoms with Gasteiger partial charge < -0.3 is 9.64 Å². The molecule has 0 spiro atoms. The van der Waals surface area contributed by atoms with Gasteiger partial charge in [0.25, 0.3) is 5.56 Å². The SMILES string of the molecule is CCN(CCC(=O)OC)c1nn(C)c(=O)n(C)c1=O. The largest absolute Gasteiger partial charge is 0.469 e. The third-order valence-electron chi connectivity index (χ3n) is 2.80. The third kappa shape index (κ3) is 3.21. The molecule has 1 aromatic rings. The summed E-state index contributed by atoms with van der Waals surface area (Å²) in [6.45, 7) is 2.64. The van der Waals surface area contributed by atoms with Crippen LogP contribution in [-0.4, -0.2) is 40.5 Å². The second kappa shape index (κ2) is 6.17. The summed E-state index contributed by atoms with van der Waals surface area (Å²) in [6.07, 6.45) is 0.151. The zero-order valence-corrected chi connectivity index (χ0v) is 11.5. The van der Waals surface area contributed by atoms with Crippen LogP contribution in [0.2, 0.25) is 0 Å². The molecule has 0 bridgehead atoms. The van der Waals surface area contributed by atoms with E-state index in [0.717, 1.165) is 9.25 Å². The Kier molecular flexibility index (Phi) is 4.85. The normalized spacial score (nSPS) is 10.3. The molecule has 0 aliphatic rings. The summed E-state index contributed by atoms with van der Waals surface area (Å²) in [5.41, 5.74) is -0.965. The van der Waals surface area contributed by atoms with Crippen molar-refractivity contribution in [3.63, 3.8) is 0 Å². The maximum Gasteiger partial charge on any atom is 0.346 e. The Balaban J connectivity index is 3.09. The van der Waals surface area contributed by atoms with Crippen LogP contribution in [0.25, 0.3) is 0 Å². The molecule has 0 aromatic carbocycles. The van der Waals surface area contributed by atoms with Gasteiger partial charge in [0.2, 0.25) is 5.82 Å². The van der Waals surface area contributed by atoms with Crippen molar-refractivity contribution in [2.24, 2.45) is 14.1 Å². The Morgan fingerprint density at radius 2 is 2.00 bits per heavy atom. The zero-order chi connectivity index (χ0) is 14.6. The summed E-state index contributed by atoms with van der Waals surface area (Å²) < 4.78 is 6.64. The molecule has 0 saturated heterocycles. The smallest absolute Gasteiger partial charge is 0.346 e. The number of methoxy groups -OCH3 is 1. The van der Waals surface area contributed by atoms with Gasteiger partial charge in [-0.2, -0.15) is 0 Å². The quantitative estimate of drug-likeness (QED) is 0.629. The van der Waals surface area contributed by atoms with Gasteiger partial charge in [0.05, 0.1) is 13.5 Å². The first kappa shape index (κ1) is 14.9. The fourth-order valence-electron chi connectivity index (χ4n) is 1.62. The molecule has 0 amide bonds. The standard InChI is InChI=1S/C11H18N4O4/c1-5-15(7-6-8(16)19-4)9-10(17)13(2)11(18)14(3)12-9/h5-7H2,1-4H3. The third-order valence-corrected chi connectivity index (χ3v) is 2.80. The molecule has 8 heteroatoms.